The Bertz CT molecular complexity index is 854. The second-order valence-electron chi connectivity index (χ2n) is 6.23. The van der Waals surface area contributed by atoms with E-state index in [0.717, 1.165) is 17.6 Å². The Kier molecular flexibility index (Phi) is 7.43. The van der Waals surface area contributed by atoms with E-state index in [-0.39, 0.29) is 0 Å². The highest BCUT2D eigenvalue weighted by atomic mass is 35.5. The molecule has 0 fully saturated rings. The van der Waals surface area contributed by atoms with Gasteiger partial charge in [0.2, 0.25) is 0 Å². The van der Waals surface area contributed by atoms with Crippen LogP contribution >= 0.6 is 11.6 Å². The maximum atomic E-state index is 10.3. The second kappa shape index (κ2) is 9.79. The Morgan fingerprint density at radius 1 is 0.846 bits per heavy atom. The number of aldehydes is 1. The number of carbonyl (C=O) groups is 1. The molecule has 0 saturated carbocycles. The van der Waals surface area contributed by atoms with Crippen molar-refractivity contribution in [1.82, 2.24) is 0 Å². The lowest BCUT2D eigenvalue weighted by Crippen LogP contribution is -1.95. The standard InChI is InChI=1S/C15H16O.C8H7ClO/c1-12-6-8-15(9-7-12)16-11-14-5-3-4-13(2)10-14;1-6-2-3-7(5-10)8(9)4-6/h3-10H,11H2,1-2H3;2-5H,1H3. The number of benzene rings is 3. The van der Waals surface area contributed by atoms with Gasteiger partial charge in [0.05, 0.1) is 5.02 Å². The third-order valence-electron chi connectivity index (χ3n) is 3.79. The predicted octanol–water partition coefficient (Wildman–Crippen LogP) is 6.34. The molecule has 0 unspecified atom stereocenters. The fourth-order valence-electron chi connectivity index (χ4n) is 2.33. The van der Waals surface area contributed by atoms with Gasteiger partial charge < -0.3 is 4.74 Å². The minimum absolute atomic E-state index is 0.523. The van der Waals surface area contributed by atoms with Crippen molar-refractivity contribution in [3.63, 3.8) is 0 Å². The van der Waals surface area contributed by atoms with Gasteiger partial charge in [-0.25, -0.2) is 0 Å². The van der Waals surface area contributed by atoms with Crippen molar-refractivity contribution < 1.29 is 9.53 Å². The zero-order valence-corrected chi connectivity index (χ0v) is 16.1. The molecule has 0 amide bonds. The molecule has 0 aliphatic rings. The van der Waals surface area contributed by atoms with E-state index in [9.17, 15) is 4.79 Å². The summed E-state index contributed by atoms with van der Waals surface area (Å²) < 4.78 is 5.70. The summed E-state index contributed by atoms with van der Waals surface area (Å²) in [6.45, 7) is 6.73. The van der Waals surface area contributed by atoms with Crippen LogP contribution in [0, 0.1) is 20.8 Å². The molecule has 0 bridgehead atoms. The molecule has 0 heterocycles. The quantitative estimate of drug-likeness (QED) is 0.503. The summed E-state index contributed by atoms with van der Waals surface area (Å²) in [6, 6.07) is 21.9. The number of halogens is 1. The van der Waals surface area contributed by atoms with Gasteiger partial charge in [0, 0.05) is 5.56 Å². The molecular weight excluding hydrogens is 344 g/mol. The minimum Gasteiger partial charge on any atom is -0.489 e. The van der Waals surface area contributed by atoms with E-state index in [1.54, 1.807) is 12.1 Å². The van der Waals surface area contributed by atoms with Crippen LogP contribution in [-0.4, -0.2) is 6.29 Å². The average molecular weight is 367 g/mol. The molecule has 0 aliphatic heterocycles. The highest BCUT2D eigenvalue weighted by Crippen LogP contribution is 2.15. The lowest BCUT2D eigenvalue weighted by molar-refractivity contribution is 0.112. The Hall–Kier alpha value is -2.58. The zero-order chi connectivity index (χ0) is 18.9. The molecule has 0 atom stereocenters. The molecule has 3 rings (SSSR count). The molecule has 0 aliphatic carbocycles. The zero-order valence-electron chi connectivity index (χ0n) is 15.3. The maximum absolute atomic E-state index is 10.3. The average Bonchev–Trinajstić information content (AvgIpc) is 2.62. The van der Waals surface area contributed by atoms with Crippen molar-refractivity contribution in [2.45, 2.75) is 27.4 Å². The molecule has 0 saturated heterocycles. The van der Waals surface area contributed by atoms with Crippen LogP contribution in [0.5, 0.6) is 5.75 Å². The van der Waals surface area contributed by atoms with E-state index < -0.39 is 0 Å². The van der Waals surface area contributed by atoms with E-state index in [1.807, 2.05) is 25.1 Å². The molecule has 0 N–H and O–H groups in total. The van der Waals surface area contributed by atoms with Crippen LogP contribution in [0.1, 0.15) is 32.6 Å². The molecule has 3 aromatic carbocycles. The minimum atomic E-state index is 0.523. The first-order valence-corrected chi connectivity index (χ1v) is 8.82. The molecule has 0 radical (unpaired) electrons. The number of ether oxygens (including phenoxy) is 1. The van der Waals surface area contributed by atoms with Gasteiger partial charge in [-0.2, -0.15) is 0 Å². The number of hydrogen-bond acceptors (Lipinski definition) is 2. The van der Waals surface area contributed by atoms with Crippen LogP contribution in [0.15, 0.2) is 66.7 Å². The van der Waals surface area contributed by atoms with Crippen LogP contribution in [-0.2, 0) is 6.61 Å². The molecule has 3 heteroatoms. The normalized spacial score (nSPS) is 9.85. The van der Waals surface area contributed by atoms with Crippen molar-refractivity contribution >= 4 is 17.9 Å². The van der Waals surface area contributed by atoms with Crippen molar-refractivity contribution in [1.29, 1.82) is 0 Å². The largest absolute Gasteiger partial charge is 0.489 e. The van der Waals surface area contributed by atoms with Gasteiger partial charge in [0.15, 0.2) is 6.29 Å². The van der Waals surface area contributed by atoms with Crippen LogP contribution in [0.25, 0.3) is 0 Å². The van der Waals surface area contributed by atoms with E-state index in [2.05, 4.69) is 50.2 Å². The van der Waals surface area contributed by atoms with Gasteiger partial charge in [-0.15, -0.1) is 0 Å². The highest BCUT2D eigenvalue weighted by molar-refractivity contribution is 6.33. The van der Waals surface area contributed by atoms with Gasteiger partial charge in [-0.1, -0.05) is 65.2 Å². The summed E-state index contributed by atoms with van der Waals surface area (Å²) in [5.74, 6) is 0.923. The maximum Gasteiger partial charge on any atom is 0.151 e. The third kappa shape index (κ3) is 6.38. The van der Waals surface area contributed by atoms with Crippen LogP contribution < -0.4 is 4.74 Å². The van der Waals surface area contributed by atoms with Gasteiger partial charge >= 0.3 is 0 Å². The number of carbonyl (C=O) groups excluding carboxylic acids is 1. The summed E-state index contributed by atoms with van der Waals surface area (Å²) in [6.07, 6.45) is 0.752. The first-order valence-electron chi connectivity index (χ1n) is 8.44. The Balaban J connectivity index is 0.000000209. The Morgan fingerprint density at radius 3 is 2.12 bits per heavy atom. The van der Waals surface area contributed by atoms with Crippen molar-refractivity contribution in [2.75, 3.05) is 0 Å². The summed E-state index contributed by atoms with van der Waals surface area (Å²) in [7, 11) is 0. The fraction of sp³-hybridized carbons (Fsp3) is 0.174. The van der Waals surface area contributed by atoms with Gasteiger partial charge in [0.1, 0.15) is 12.4 Å². The smallest absolute Gasteiger partial charge is 0.151 e. The molecule has 26 heavy (non-hydrogen) atoms. The van der Waals surface area contributed by atoms with Crippen molar-refractivity contribution in [2.24, 2.45) is 0 Å². The van der Waals surface area contributed by atoms with Gasteiger partial charge in [-0.3, -0.25) is 4.79 Å². The second-order valence-corrected chi connectivity index (χ2v) is 6.64. The fourth-order valence-corrected chi connectivity index (χ4v) is 2.61. The number of hydrogen-bond donors (Lipinski definition) is 0. The lowest BCUT2D eigenvalue weighted by atomic mass is 10.1. The molecule has 2 nitrogen and oxygen atoms in total. The van der Waals surface area contributed by atoms with Crippen molar-refractivity contribution in [3.05, 3.63) is 99.6 Å². The van der Waals surface area contributed by atoms with E-state index >= 15 is 0 Å². The molecule has 0 spiro atoms. The van der Waals surface area contributed by atoms with Gasteiger partial charge in [0.25, 0.3) is 0 Å². The lowest BCUT2D eigenvalue weighted by Gasteiger charge is -2.07. The van der Waals surface area contributed by atoms with Crippen LogP contribution in [0.3, 0.4) is 0 Å². The third-order valence-corrected chi connectivity index (χ3v) is 4.12. The number of rotatable bonds is 4. The van der Waals surface area contributed by atoms with Gasteiger partial charge in [-0.05, 0) is 56.2 Å². The summed E-state index contributed by atoms with van der Waals surface area (Å²) in [5, 5.41) is 0.523. The molecular formula is C23H23ClO2. The van der Waals surface area contributed by atoms with Crippen LogP contribution in [0.2, 0.25) is 5.02 Å². The Labute approximate surface area is 160 Å². The summed E-state index contributed by atoms with van der Waals surface area (Å²) in [4.78, 5) is 10.3. The van der Waals surface area contributed by atoms with E-state index in [1.165, 1.54) is 16.7 Å². The first-order chi connectivity index (χ1) is 12.5. The summed E-state index contributed by atoms with van der Waals surface area (Å²) in [5.41, 5.74) is 5.34. The highest BCUT2D eigenvalue weighted by Gasteiger charge is 1.97. The monoisotopic (exact) mass is 366 g/mol. The summed E-state index contributed by atoms with van der Waals surface area (Å²) >= 11 is 5.70. The number of aryl methyl sites for hydroxylation is 3. The van der Waals surface area contributed by atoms with E-state index in [4.69, 9.17) is 16.3 Å². The predicted molar refractivity (Wildman–Crippen MR) is 108 cm³/mol. The molecule has 3 aromatic rings. The molecule has 134 valence electrons. The Morgan fingerprint density at radius 2 is 1.50 bits per heavy atom. The first kappa shape index (κ1) is 19.7. The van der Waals surface area contributed by atoms with Crippen LogP contribution in [0.4, 0.5) is 0 Å². The molecule has 0 aromatic heterocycles. The SMILES string of the molecule is Cc1ccc(C=O)c(Cl)c1.Cc1ccc(OCc2cccc(C)c2)cc1. The topological polar surface area (TPSA) is 26.3 Å². The van der Waals surface area contributed by atoms with Crippen molar-refractivity contribution in [3.8, 4) is 5.75 Å². The van der Waals surface area contributed by atoms with E-state index in [0.29, 0.717) is 17.2 Å².